The van der Waals surface area contributed by atoms with Crippen LogP contribution in [-0.2, 0) is 14.8 Å². The van der Waals surface area contributed by atoms with Crippen molar-refractivity contribution in [2.45, 2.75) is 4.90 Å². The second-order valence-electron chi connectivity index (χ2n) is 6.29. The highest BCUT2D eigenvalue weighted by Gasteiger charge is 2.16. The summed E-state index contributed by atoms with van der Waals surface area (Å²) >= 11 is 0. The van der Waals surface area contributed by atoms with Gasteiger partial charge in [0.1, 0.15) is 17.1 Å². The first kappa shape index (κ1) is 22.2. The van der Waals surface area contributed by atoms with Crippen LogP contribution in [0.5, 0.6) is 11.6 Å². The summed E-state index contributed by atoms with van der Waals surface area (Å²) in [5.41, 5.74) is 0.537. The van der Waals surface area contributed by atoms with Crippen LogP contribution < -0.4 is 14.8 Å². The van der Waals surface area contributed by atoms with E-state index in [4.69, 9.17) is 9.47 Å². The Morgan fingerprint density at radius 1 is 1.06 bits per heavy atom. The van der Waals surface area contributed by atoms with E-state index in [-0.39, 0.29) is 27.9 Å². The van der Waals surface area contributed by atoms with Gasteiger partial charge in [-0.25, -0.2) is 17.8 Å². The molecule has 3 aromatic rings. The number of benzene rings is 2. The number of hydrogen-bond acceptors (Lipinski definition) is 6. The average molecular weight is 445 g/mol. The van der Waals surface area contributed by atoms with Gasteiger partial charge in [0, 0.05) is 25.5 Å². The van der Waals surface area contributed by atoms with E-state index < -0.39 is 15.8 Å². The number of sulfonamides is 1. The standard InChI is InChI=1S/C21H20FN3O5S/c1-29-14-13-23-20(26)19-3-2-12-24-21(19)30-17-8-6-16(7-9-17)25-31(27,28)18-10-4-15(22)5-11-18/h2-12,25H,13-14H2,1H3,(H,23,26). The minimum Gasteiger partial charge on any atom is -0.438 e. The topological polar surface area (TPSA) is 107 Å². The number of pyridine rings is 1. The molecule has 0 radical (unpaired) electrons. The van der Waals surface area contributed by atoms with Gasteiger partial charge in [-0.2, -0.15) is 0 Å². The first-order valence-electron chi connectivity index (χ1n) is 9.17. The maximum absolute atomic E-state index is 13.0. The first-order valence-corrected chi connectivity index (χ1v) is 10.7. The normalized spacial score (nSPS) is 11.0. The van der Waals surface area contributed by atoms with Gasteiger partial charge in [0.15, 0.2) is 0 Å². The van der Waals surface area contributed by atoms with Gasteiger partial charge in [0.25, 0.3) is 15.9 Å². The molecule has 0 spiro atoms. The summed E-state index contributed by atoms with van der Waals surface area (Å²) in [6, 6.07) is 13.7. The van der Waals surface area contributed by atoms with Crippen molar-refractivity contribution in [1.29, 1.82) is 0 Å². The van der Waals surface area contributed by atoms with Crippen LogP contribution in [0.25, 0.3) is 0 Å². The second kappa shape index (κ2) is 10.0. The zero-order valence-electron chi connectivity index (χ0n) is 16.5. The second-order valence-corrected chi connectivity index (χ2v) is 7.97. The molecular formula is C21H20FN3O5S. The van der Waals surface area contributed by atoms with Crippen LogP contribution >= 0.6 is 0 Å². The van der Waals surface area contributed by atoms with E-state index >= 15 is 0 Å². The fourth-order valence-corrected chi connectivity index (χ4v) is 3.60. The lowest BCUT2D eigenvalue weighted by Gasteiger charge is -2.11. The lowest BCUT2D eigenvalue weighted by Crippen LogP contribution is -2.27. The molecule has 2 aromatic carbocycles. The van der Waals surface area contributed by atoms with Crippen molar-refractivity contribution < 1.29 is 27.1 Å². The van der Waals surface area contributed by atoms with Crippen molar-refractivity contribution in [2.75, 3.05) is 25.0 Å². The number of halogens is 1. The minimum absolute atomic E-state index is 0.0631. The molecule has 1 amide bonds. The third kappa shape index (κ3) is 6.00. The van der Waals surface area contributed by atoms with E-state index in [9.17, 15) is 17.6 Å². The third-order valence-electron chi connectivity index (χ3n) is 4.05. The van der Waals surface area contributed by atoms with Gasteiger partial charge >= 0.3 is 0 Å². The predicted octanol–water partition coefficient (Wildman–Crippen LogP) is 3.19. The molecule has 3 rings (SSSR count). The van der Waals surface area contributed by atoms with E-state index in [0.717, 1.165) is 12.1 Å². The molecule has 0 aliphatic carbocycles. The lowest BCUT2D eigenvalue weighted by molar-refractivity contribution is 0.0934. The lowest BCUT2D eigenvalue weighted by atomic mass is 10.2. The van der Waals surface area contributed by atoms with Gasteiger partial charge in [-0.1, -0.05) is 0 Å². The first-order chi connectivity index (χ1) is 14.9. The Balaban J connectivity index is 1.70. The monoisotopic (exact) mass is 445 g/mol. The van der Waals surface area contributed by atoms with Crippen LogP contribution in [0, 0.1) is 5.82 Å². The van der Waals surface area contributed by atoms with Gasteiger partial charge in [0.2, 0.25) is 5.88 Å². The van der Waals surface area contributed by atoms with Gasteiger partial charge in [0.05, 0.1) is 11.5 Å². The number of nitrogens with one attached hydrogen (secondary N) is 2. The Bertz CT molecular complexity index is 1140. The quantitative estimate of drug-likeness (QED) is 0.490. The number of methoxy groups -OCH3 is 1. The van der Waals surface area contributed by atoms with E-state index in [1.165, 1.54) is 49.7 Å². The maximum Gasteiger partial charge on any atom is 0.261 e. The Kier molecular flexibility index (Phi) is 7.16. The van der Waals surface area contributed by atoms with Gasteiger partial charge in [-0.3, -0.25) is 9.52 Å². The van der Waals surface area contributed by atoms with Crippen molar-refractivity contribution in [3.8, 4) is 11.6 Å². The molecular weight excluding hydrogens is 425 g/mol. The molecule has 1 aromatic heterocycles. The summed E-state index contributed by atoms with van der Waals surface area (Å²) < 4.78 is 50.8. The summed E-state index contributed by atoms with van der Waals surface area (Å²) in [7, 11) is -2.33. The van der Waals surface area contributed by atoms with Crippen molar-refractivity contribution in [2.24, 2.45) is 0 Å². The molecule has 0 atom stereocenters. The number of amides is 1. The third-order valence-corrected chi connectivity index (χ3v) is 5.45. The Morgan fingerprint density at radius 3 is 2.45 bits per heavy atom. The predicted molar refractivity (Wildman–Crippen MR) is 112 cm³/mol. The van der Waals surface area contributed by atoms with Gasteiger partial charge in [-0.15, -0.1) is 0 Å². The molecule has 0 aliphatic rings. The maximum atomic E-state index is 13.0. The highest BCUT2D eigenvalue weighted by atomic mass is 32.2. The molecule has 31 heavy (non-hydrogen) atoms. The average Bonchev–Trinajstić information content (AvgIpc) is 2.76. The molecule has 0 saturated carbocycles. The molecule has 0 aliphatic heterocycles. The fourth-order valence-electron chi connectivity index (χ4n) is 2.54. The molecule has 0 fully saturated rings. The van der Waals surface area contributed by atoms with E-state index in [0.29, 0.717) is 18.9 Å². The molecule has 162 valence electrons. The molecule has 2 N–H and O–H groups in total. The van der Waals surface area contributed by atoms with E-state index in [2.05, 4.69) is 15.0 Å². The number of aromatic nitrogens is 1. The number of nitrogens with zero attached hydrogens (tertiary/aromatic N) is 1. The minimum atomic E-state index is -3.86. The zero-order chi connectivity index (χ0) is 22.3. The molecule has 0 bridgehead atoms. The van der Waals surface area contributed by atoms with Crippen LogP contribution in [0.3, 0.4) is 0 Å². The van der Waals surface area contributed by atoms with Crippen molar-refractivity contribution >= 4 is 21.6 Å². The summed E-state index contributed by atoms with van der Waals surface area (Å²) in [6.45, 7) is 0.712. The van der Waals surface area contributed by atoms with E-state index in [1.54, 1.807) is 12.1 Å². The van der Waals surface area contributed by atoms with Crippen molar-refractivity contribution in [3.63, 3.8) is 0 Å². The number of rotatable bonds is 9. The molecule has 8 nitrogen and oxygen atoms in total. The van der Waals surface area contributed by atoms with Crippen molar-refractivity contribution in [3.05, 3.63) is 78.2 Å². The highest BCUT2D eigenvalue weighted by Crippen LogP contribution is 2.25. The van der Waals surface area contributed by atoms with Crippen LogP contribution in [0.4, 0.5) is 10.1 Å². The highest BCUT2D eigenvalue weighted by molar-refractivity contribution is 7.92. The smallest absolute Gasteiger partial charge is 0.261 e. The summed E-state index contributed by atoms with van der Waals surface area (Å²) in [5, 5.41) is 2.70. The van der Waals surface area contributed by atoms with Crippen molar-refractivity contribution in [1.82, 2.24) is 10.3 Å². The number of carbonyl (C=O) groups excluding carboxylic acids is 1. The molecule has 0 unspecified atom stereocenters. The van der Waals surface area contributed by atoms with Crippen LogP contribution in [0.15, 0.2) is 71.8 Å². The number of anilines is 1. The van der Waals surface area contributed by atoms with Crippen LogP contribution in [0.2, 0.25) is 0 Å². The fraction of sp³-hybridized carbons (Fsp3) is 0.143. The van der Waals surface area contributed by atoms with Gasteiger partial charge < -0.3 is 14.8 Å². The van der Waals surface area contributed by atoms with Gasteiger partial charge in [-0.05, 0) is 60.7 Å². The summed E-state index contributed by atoms with van der Waals surface area (Å²) in [6.07, 6.45) is 1.49. The zero-order valence-corrected chi connectivity index (χ0v) is 17.4. The summed E-state index contributed by atoms with van der Waals surface area (Å²) in [5.74, 6) is -0.419. The molecule has 10 heteroatoms. The largest absolute Gasteiger partial charge is 0.438 e. The molecule has 0 saturated heterocycles. The number of carbonyl (C=O) groups is 1. The Hall–Kier alpha value is -3.50. The Labute approximate surface area is 179 Å². The number of ether oxygens (including phenoxy) is 2. The summed E-state index contributed by atoms with van der Waals surface area (Å²) in [4.78, 5) is 16.3. The van der Waals surface area contributed by atoms with Crippen LogP contribution in [-0.4, -0.2) is 39.6 Å². The Morgan fingerprint density at radius 2 is 1.77 bits per heavy atom. The van der Waals surface area contributed by atoms with Crippen LogP contribution in [0.1, 0.15) is 10.4 Å². The molecule has 1 heterocycles. The SMILES string of the molecule is COCCNC(=O)c1cccnc1Oc1ccc(NS(=O)(=O)c2ccc(F)cc2)cc1. The van der Waals surface area contributed by atoms with E-state index in [1.807, 2.05) is 0 Å². The number of hydrogen-bond donors (Lipinski definition) is 2.